The molecular weight excluding hydrogens is 280 g/mol. The maximum atomic E-state index is 11.5. The van der Waals surface area contributed by atoms with Gasteiger partial charge < -0.3 is 4.74 Å². The zero-order valence-electron chi connectivity index (χ0n) is 10.9. The van der Waals surface area contributed by atoms with Gasteiger partial charge in [0.1, 0.15) is 5.75 Å². The third-order valence-corrected chi connectivity index (χ3v) is 4.05. The highest BCUT2D eigenvalue weighted by Gasteiger charge is 2.22. The van der Waals surface area contributed by atoms with Gasteiger partial charge in [0.15, 0.2) is 5.82 Å². The Kier molecular flexibility index (Phi) is 2.98. The van der Waals surface area contributed by atoms with Crippen LogP contribution < -0.4 is 9.88 Å². The van der Waals surface area contributed by atoms with Crippen LogP contribution in [0.4, 0.5) is 0 Å². The van der Waals surface area contributed by atoms with Gasteiger partial charge in [-0.05, 0) is 30.7 Å². The minimum Gasteiger partial charge on any atom is -0.493 e. The minimum atomic E-state index is -3.88. The number of sulfonamides is 1. The Balaban J connectivity index is 2.13. The van der Waals surface area contributed by atoms with Crippen LogP contribution in [0.15, 0.2) is 23.4 Å². The van der Waals surface area contributed by atoms with E-state index in [-0.39, 0.29) is 5.16 Å². The van der Waals surface area contributed by atoms with Crippen molar-refractivity contribution in [1.29, 1.82) is 0 Å². The molecule has 1 aromatic heterocycles. The van der Waals surface area contributed by atoms with Gasteiger partial charge in [-0.15, -0.1) is 10.2 Å². The van der Waals surface area contributed by atoms with Crippen molar-refractivity contribution < 1.29 is 13.2 Å². The highest BCUT2D eigenvalue weighted by molar-refractivity contribution is 7.89. The van der Waals surface area contributed by atoms with Gasteiger partial charge >= 0.3 is 0 Å². The molecule has 0 spiro atoms. The predicted octanol–water partition coefficient (Wildman–Crippen LogP) is 0.547. The van der Waals surface area contributed by atoms with Crippen molar-refractivity contribution in [3.63, 3.8) is 0 Å². The van der Waals surface area contributed by atoms with Crippen molar-refractivity contribution in [3.05, 3.63) is 23.8 Å². The molecule has 0 unspecified atom stereocenters. The zero-order chi connectivity index (χ0) is 14.3. The number of nitrogens with zero attached hydrogens (tertiary/aromatic N) is 3. The average Bonchev–Trinajstić information content (AvgIpc) is 3.03. The van der Waals surface area contributed by atoms with Crippen molar-refractivity contribution in [1.82, 2.24) is 14.8 Å². The lowest BCUT2D eigenvalue weighted by Gasteiger charge is -2.07. The number of aromatic nitrogens is 3. The molecule has 0 radical (unpaired) electrons. The van der Waals surface area contributed by atoms with Crippen LogP contribution in [-0.4, -0.2) is 29.8 Å². The molecule has 8 heteroatoms. The summed E-state index contributed by atoms with van der Waals surface area (Å²) in [7, 11) is -3.88. The van der Waals surface area contributed by atoms with E-state index >= 15 is 0 Å². The third-order valence-electron chi connectivity index (χ3n) is 3.24. The van der Waals surface area contributed by atoms with Crippen molar-refractivity contribution >= 4 is 10.0 Å². The number of benzene rings is 1. The Bertz CT molecular complexity index is 767. The number of rotatable bonds is 3. The van der Waals surface area contributed by atoms with E-state index in [1.807, 2.05) is 25.1 Å². The summed E-state index contributed by atoms with van der Waals surface area (Å²) in [5, 5.41) is 12.6. The molecule has 1 aromatic carbocycles. The molecular formula is C12H14N4O3S. The first kappa shape index (κ1) is 13.1. The number of hydrogen-bond acceptors (Lipinski definition) is 5. The molecule has 20 heavy (non-hydrogen) atoms. The zero-order valence-corrected chi connectivity index (χ0v) is 11.7. The van der Waals surface area contributed by atoms with Gasteiger partial charge in [-0.25, -0.2) is 13.6 Å². The van der Waals surface area contributed by atoms with Gasteiger partial charge in [-0.3, -0.25) is 4.57 Å². The van der Waals surface area contributed by atoms with Gasteiger partial charge in [-0.1, -0.05) is 0 Å². The van der Waals surface area contributed by atoms with E-state index in [0.717, 1.165) is 23.3 Å². The fourth-order valence-corrected chi connectivity index (χ4v) is 3.00. The van der Waals surface area contributed by atoms with Gasteiger partial charge in [0.05, 0.1) is 6.61 Å². The molecule has 2 N–H and O–H groups in total. The van der Waals surface area contributed by atoms with E-state index in [4.69, 9.17) is 9.88 Å². The standard InChI is InChI=1S/C12H14N4O3S/c1-2-16-11(14-15-12(16)20(13,17)18)9-3-4-10-8(7-9)5-6-19-10/h3-4,7H,2,5-6H2,1H3,(H2,13,17,18). The Morgan fingerprint density at radius 3 is 2.90 bits per heavy atom. The molecule has 1 aliphatic rings. The normalized spacial score (nSPS) is 14.1. The van der Waals surface area contributed by atoms with E-state index in [0.29, 0.717) is 19.0 Å². The average molecular weight is 294 g/mol. The molecule has 106 valence electrons. The van der Waals surface area contributed by atoms with Crippen molar-refractivity contribution in [2.45, 2.75) is 25.0 Å². The van der Waals surface area contributed by atoms with Crippen molar-refractivity contribution in [3.8, 4) is 17.1 Å². The molecule has 0 bridgehead atoms. The molecule has 0 aliphatic carbocycles. The van der Waals surface area contributed by atoms with Crippen LogP contribution >= 0.6 is 0 Å². The molecule has 2 heterocycles. The highest BCUT2D eigenvalue weighted by atomic mass is 32.2. The first-order valence-electron chi connectivity index (χ1n) is 6.23. The molecule has 0 amide bonds. The van der Waals surface area contributed by atoms with E-state index in [1.54, 1.807) is 0 Å². The summed E-state index contributed by atoms with van der Waals surface area (Å²) in [6, 6.07) is 5.65. The van der Waals surface area contributed by atoms with Crippen LogP contribution in [0.25, 0.3) is 11.4 Å². The smallest absolute Gasteiger partial charge is 0.273 e. The SMILES string of the molecule is CCn1c(-c2ccc3c(c2)CCO3)nnc1S(N)(=O)=O. The summed E-state index contributed by atoms with van der Waals surface area (Å²) in [5.74, 6) is 1.36. The molecule has 0 fully saturated rings. The monoisotopic (exact) mass is 294 g/mol. The van der Waals surface area contributed by atoms with Gasteiger partial charge in [0, 0.05) is 18.5 Å². The molecule has 0 saturated heterocycles. The lowest BCUT2D eigenvalue weighted by atomic mass is 10.1. The van der Waals surface area contributed by atoms with Crippen LogP contribution in [0.3, 0.4) is 0 Å². The lowest BCUT2D eigenvalue weighted by molar-refractivity contribution is 0.357. The quantitative estimate of drug-likeness (QED) is 0.891. The van der Waals surface area contributed by atoms with E-state index in [9.17, 15) is 8.42 Å². The summed E-state index contributed by atoms with van der Waals surface area (Å²) < 4.78 is 29.9. The second-order valence-corrected chi connectivity index (χ2v) is 5.97. The molecule has 0 saturated carbocycles. The van der Waals surface area contributed by atoms with E-state index < -0.39 is 10.0 Å². The number of primary sulfonamides is 1. The molecule has 0 atom stereocenters. The highest BCUT2D eigenvalue weighted by Crippen LogP contribution is 2.30. The van der Waals surface area contributed by atoms with E-state index in [1.165, 1.54) is 4.57 Å². The van der Waals surface area contributed by atoms with Gasteiger partial charge in [-0.2, -0.15) is 0 Å². The summed E-state index contributed by atoms with van der Waals surface area (Å²) in [6.07, 6.45) is 0.839. The van der Waals surface area contributed by atoms with Crippen molar-refractivity contribution in [2.24, 2.45) is 5.14 Å². The Labute approximate surface area is 116 Å². The number of ether oxygens (including phenoxy) is 1. The van der Waals surface area contributed by atoms with Crippen LogP contribution in [0.5, 0.6) is 5.75 Å². The number of fused-ring (bicyclic) bond motifs is 1. The largest absolute Gasteiger partial charge is 0.493 e. The van der Waals surface area contributed by atoms with Crippen LogP contribution in [-0.2, 0) is 23.0 Å². The molecule has 7 nitrogen and oxygen atoms in total. The van der Waals surface area contributed by atoms with Crippen molar-refractivity contribution in [2.75, 3.05) is 6.61 Å². The lowest BCUT2D eigenvalue weighted by Crippen LogP contribution is -2.18. The summed E-state index contributed by atoms with van der Waals surface area (Å²) in [5.41, 5.74) is 1.89. The van der Waals surface area contributed by atoms with Gasteiger partial charge in [0.2, 0.25) is 0 Å². The minimum absolute atomic E-state index is 0.216. The van der Waals surface area contributed by atoms with Crippen LogP contribution in [0.2, 0.25) is 0 Å². The van der Waals surface area contributed by atoms with Crippen LogP contribution in [0.1, 0.15) is 12.5 Å². The number of nitrogens with two attached hydrogens (primary N) is 1. The molecule has 2 aromatic rings. The maximum Gasteiger partial charge on any atom is 0.273 e. The summed E-state index contributed by atoms with van der Waals surface area (Å²) in [4.78, 5) is 0. The number of hydrogen-bond donors (Lipinski definition) is 1. The maximum absolute atomic E-state index is 11.5. The fraction of sp³-hybridized carbons (Fsp3) is 0.333. The summed E-state index contributed by atoms with van der Waals surface area (Å²) >= 11 is 0. The Morgan fingerprint density at radius 1 is 1.40 bits per heavy atom. The molecule has 3 rings (SSSR count). The van der Waals surface area contributed by atoms with Crippen LogP contribution in [0, 0.1) is 0 Å². The van der Waals surface area contributed by atoms with Gasteiger partial charge in [0.25, 0.3) is 15.2 Å². The first-order valence-corrected chi connectivity index (χ1v) is 7.77. The van der Waals surface area contributed by atoms with E-state index in [2.05, 4.69) is 10.2 Å². The Morgan fingerprint density at radius 2 is 2.20 bits per heavy atom. The predicted molar refractivity (Wildman–Crippen MR) is 71.7 cm³/mol. The fourth-order valence-electron chi connectivity index (χ4n) is 2.32. The first-order chi connectivity index (χ1) is 9.50. The second kappa shape index (κ2) is 4.57. The second-order valence-electron chi connectivity index (χ2n) is 4.52. The Hall–Kier alpha value is -1.93. The molecule has 1 aliphatic heterocycles. The topological polar surface area (TPSA) is 100 Å². The summed E-state index contributed by atoms with van der Waals surface area (Å²) in [6.45, 7) is 2.90. The third kappa shape index (κ3) is 2.06.